The molecule has 0 aliphatic heterocycles. The number of likely N-dealkylation sites (N-methyl/N-ethyl adjacent to an activating group) is 1. The van der Waals surface area contributed by atoms with Gasteiger partial charge in [-0.1, -0.05) is 18.5 Å². The summed E-state index contributed by atoms with van der Waals surface area (Å²) in [4.78, 5) is 16.3. The lowest BCUT2D eigenvalue weighted by atomic mass is 10.1. The number of rotatable bonds is 6. The number of hydrogen-bond acceptors (Lipinski definition) is 3. The fourth-order valence-electron chi connectivity index (χ4n) is 1.76. The highest BCUT2D eigenvalue weighted by Crippen LogP contribution is 2.20. The topological polar surface area (TPSA) is 49.6 Å². The highest BCUT2D eigenvalue weighted by atomic mass is 35.5. The van der Waals surface area contributed by atoms with Crippen LogP contribution in [-0.4, -0.2) is 49.4 Å². The van der Waals surface area contributed by atoms with Gasteiger partial charge in [-0.15, -0.1) is 0 Å². The van der Waals surface area contributed by atoms with Crippen LogP contribution in [0.5, 0.6) is 0 Å². The largest absolute Gasteiger partial charge is 0.398 e. The second kappa shape index (κ2) is 7.36. The van der Waals surface area contributed by atoms with Crippen LogP contribution in [0.2, 0.25) is 5.02 Å². The number of nitrogens with two attached hydrogens (primary N) is 1. The minimum atomic E-state index is 0.00654. The molecule has 0 aliphatic carbocycles. The molecule has 106 valence electrons. The summed E-state index contributed by atoms with van der Waals surface area (Å²) < 4.78 is 0. The maximum absolute atomic E-state index is 12.4. The number of anilines is 1. The lowest BCUT2D eigenvalue weighted by Gasteiger charge is -2.24. The van der Waals surface area contributed by atoms with Crippen LogP contribution in [0.1, 0.15) is 23.7 Å². The average Bonchev–Trinajstić information content (AvgIpc) is 2.36. The Morgan fingerprint density at radius 3 is 2.47 bits per heavy atom. The van der Waals surface area contributed by atoms with Crippen LogP contribution in [0.15, 0.2) is 18.2 Å². The van der Waals surface area contributed by atoms with Crippen LogP contribution in [0.25, 0.3) is 0 Å². The Hall–Kier alpha value is -1.26. The molecule has 0 aliphatic rings. The van der Waals surface area contributed by atoms with Crippen molar-refractivity contribution in [2.45, 2.75) is 13.3 Å². The van der Waals surface area contributed by atoms with E-state index in [-0.39, 0.29) is 5.91 Å². The molecule has 0 aromatic heterocycles. The zero-order valence-electron chi connectivity index (χ0n) is 11.8. The summed E-state index contributed by atoms with van der Waals surface area (Å²) in [6.45, 7) is 4.36. The summed E-state index contributed by atoms with van der Waals surface area (Å²) in [5, 5.41) is 0.479. The fourth-order valence-corrected chi connectivity index (χ4v) is 1.88. The summed E-state index contributed by atoms with van der Waals surface area (Å²) in [6, 6.07) is 5.03. The molecule has 1 amide bonds. The van der Waals surface area contributed by atoms with E-state index in [0.717, 1.165) is 19.5 Å². The molecule has 0 atom stereocenters. The second-order valence-corrected chi connectivity index (χ2v) is 5.24. The van der Waals surface area contributed by atoms with Crippen molar-refractivity contribution < 1.29 is 4.79 Å². The van der Waals surface area contributed by atoms with E-state index in [9.17, 15) is 4.79 Å². The quantitative estimate of drug-likeness (QED) is 0.815. The third kappa shape index (κ3) is 4.73. The van der Waals surface area contributed by atoms with E-state index < -0.39 is 0 Å². The van der Waals surface area contributed by atoms with Crippen molar-refractivity contribution in [1.29, 1.82) is 0 Å². The third-order valence-corrected chi connectivity index (χ3v) is 3.19. The molecule has 0 radical (unpaired) electrons. The standard InChI is InChI=1S/C14H22ClN3O/c1-4-7-18(9-8-17(2)3)14(19)11-5-6-12(15)13(16)10-11/h5-6,10H,4,7-9,16H2,1-3H3. The van der Waals surface area contributed by atoms with Crippen LogP contribution < -0.4 is 5.73 Å². The van der Waals surface area contributed by atoms with Crippen LogP contribution in [-0.2, 0) is 0 Å². The van der Waals surface area contributed by atoms with Crippen molar-refractivity contribution in [2.75, 3.05) is 39.5 Å². The molecule has 0 saturated carbocycles. The third-order valence-electron chi connectivity index (χ3n) is 2.84. The van der Waals surface area contributed by atoms with Gasteiger partial charge in [0.05, 0.1) is 10.7 Å². The van der Waals surface area contributed by atoms with Gasteiger partial charge in [-0.05, 0) is 38.7 Å². The van der Waals surface area contributed by atoms with Crippen molar-refractivity contribution in [3.8, 4) is 0 Å². The lowest BCUT2D eigenvalue weighted by Crippen LogP contribution is -2.37. The number of hydrogen-bond donors (Lipinski definition) is 1. The van der Waals surface area contributed by atoms with Gasteiger partial charge in [-0.25, -0.2) is 0 Å². The number of halogens is 1. The van der Waals surface area contributed by atoms with Crippen molar-refractivity contribution in [2.24, 2.45) is 0 Å². The molecule has 19 heavy (non-hydrogen) atoms. The minimum Gasteiger partial charge on any atom is -0.398 e. The zero-order valence-corrected chi connectivity index (χ0v) is 12.6. The summed E-state index contributed by atoms with van der Waals surface area (Å²) in [5.74, 6) is 0.00654. The van der Waals surface area contributed by atoms with E-state index in [1.165, 1.54) is 0 Å². The lowest BCUT2D eigenvalue weighted by molar-refractivity contribution is 0.0745. The van der Waals surface area contributed by atoms with Gasteiger partial charge in [0.15, 0.2) is 0 Å². The molecule has 0 unspecified atom stereocenters. The van der Waals surface area contributed by atoms with E-state index in [1.54, 1.807) is 18.2 Å². The highest BCUT2D eigenvalue weighted by Gasteiger charge is 2.15. The predicted octanol–water partition coefficient (Wildman–Crippen LogP) is 2.34. The molecule has 0 fully saturated rings. The van der Waals surface area contributed by atoms with E-state index in [2.05, 4.69) is 11.8 Å². The Balaban J connectivity index is 2.82. The smallest absolute Gasteiger partial charge is 0.253 e. The summed E-state index contributed by atoms with van der Waals surface area (Å²) in [6.07, 6.45) is 0.933. The number of carbonyl (C=O) groups excluding carboxylic acids is 1. The first kappa shape index (κ1) is 15.8. The molecular weight excluding hydrogens is 262 g/mol. The number of carbonyl (C=O) groups is 1. The molecule has 1 rings (SSSR count). The van der Waals surface area contributed by atoms with Gasteiger partial charge in [-0.2, -0.15) is 0 Å². The molecule has 1 aromatic rings. The highest BCUT2D eigenvalue weighted by molar-refractivity contribution is 6.33. The van der Waals surface area contributed by atoms with Crippen LogP contribution >= 0.6 is 11.6 Å². The first-order valence-electron chi connectivity index (χ1n) is 6.44. The van der Waals surface area contributed by atoms with Gasteiger partial charge in [0.1, 0.15) is 0 Å². The molecule has 5 heteroatoms. The molecule has 0 heterocycles. The minimum absolute atomic E-state index is 0.00654. The Morgan fingerprint density at radius 1 is 1.26 bits per heavy atom. The molecular formula is C14H22ClN3O. The van der Waals surface area contributed by atoms with Gasteiger partial charge in [0.2, 0.25) is 0 Å². The SMILES string of the molecule is CCCN(CCN(C)C)C(=O)c1ccc(Cl)c(N)c1. The van der Waals surface area contributed by atoms with Gasteiger partial charge in [0, 0.05) is 25.2 Å². The zero-order chi connectivity index (χ0) is 14.4. The Labute approximate surface area is 120 Å². The van der Waals surface area contributed by atoms with Crippen molar-refractivity contribution in [3.05, 3.63) is 28.8 Å². The van der Waals surface area contributed by atoms with Gasteiger partial charge >= 0.3 is 0 Å². The van der Waals surface area contributed by atoms with E-state index in [4.69, 9.17) is 17.3 Å². The van der Waals surface area contributed by atoms with Gasteiger partial charge < -0.3 is 15.5 Å². The van der Waals surface area contributed by atoms with Crippen LogP contribution in [0, 0.1) is 0 Å². The van der Waals surface area contributed by atoms with Gasteiger partial charge in [0.25, 0.3) is 5.91 Å². The number of nitrogens with zero attached hydrogens (tertiary/aromatic N) is 2. The second-order valence-electron chi connectivity index (χ2n) is 4.83. The maximum Gasteiger partial charge on any atom is 0.253 e. The molecule has 1 aromatic carbocycles. The normalized spacial score (nSPS) is 10.8. The first-order valence-corrected chi connectivity index (χ1v) is 6.82. The van der Waals surface area contributed by atoms with Crippen molar-refractivity contribution >= 4 is 23.2 Å². The molecule has 4 nitrogen and oxygen atoms in total. The summed E-state index contributed by atoms with van der Waals surface area (Å²) in [7, 11) is 3.99. The monoisotopic (exact) mass is 283 g/mol. The van der Waals surface area contributed by atoms with E-state index in [1.807, 2.05) is 19.0 Å². The molecule has 0 saturated heterocycles. The molecule has 0 spiro atoms. The Morgan fingerprint density at radius 2 is 1.95 bits per heavy atom. The fraction of sp³-hybridized carbons (Fsp3) is 0.500. The predicted molar refractivity (Wildman–Crippen MR) is 80.6 cm³/mol. The molecule has 0 bridgehead atoms. The number of amides is 1. The molecule has 2 N–H and O–H groups in total. The maximum atomic E-state index is 12.4. The van der Waals surface area contributed by atoms with Crippen LogP contribution in [0.3, 0.4) is 0 Å². The van der Waals surface area contributed by atoms with E-state index in [0.29, 0.717) is 22.8 Å². The Kier molecular flexibility index (Phi) is 6.12. The van der Waals surface area contributed by atoms with Crippen molar-refractivity contribution in [3.63, 3.8) is 0 Å². The average molecular weight is 284 g/mol. The first-order chi connectivity index (χ1) is 8.95. The number of nitrogen functional groups attached to an aromatic ring is 1. The Bertz CT molecular complexity index is 435. The van der Waals surface area contributed by atoms with Gasteiger partial charge in [-0.3, -0.25) is 4.79 Å². The summed E-state index contributed by atoms with van der Waals surface area (Å²) >= 11 is 5.87. The van der Waals surface area contributed by atoms with E-state index >= 15 is 0 Å². The number of benzene rings is 1. The summed E-state index contributed by atoms with van der Waals surface area (Å²) in [5.41, 5.74) is 6.78. The van der Waals surface area contributed by atoms with Crippen molar-refractivity contribution in [1.82, 2.24) is 9.80 Å². The van der Waals surface area contributed by atoms with Crippen LogP contribution in [0.4, 0.5) is 5.69 Å².